The summed E-state index contributed by atoms with van der Waals surface area (Å²) in [7, 11) is 0. The van der Waals surface area contributed by atoms with E-state index >= 15 is 0 Å². The molecule has 5 aromatic rings. The van der Waals surface area contributed by atoms with Gasteiger partial charge >= 0.3 is 5.91 Å². The number of imidazole rings is 1. The molecule has 0 aliphatic carbocycles. The van der Waals surface area contributed by atoms with E-state index in [1.54, 1.807) is 41.8 Å². The van der Waals surface area contributed by atoms with Gasteiger partial charge in [0.15, 0.2) is 10.1 Å². The fourth-order valence-corrected chi connectivity index (χ4v) is 6.80. The molecule has 1 atom stereocenters. The molecule has 6 rings (SSSR count). The number of ether oxygens (including phenoxy) is 1. The number of aliphatic hydroxyl groups excluding tert-OH is 1. The minimum atomic E-state index is -0.933. The van der Waals surface area contributed by atoms with E-state index in [0.29, 0.717) is 45.0 Å². The third kappa shape index (κ3) is 5.05. The number of aromatic nitrogens is 4. The Hall–Kier alpha value is -4.48. The second-order valence-electron chi connectivity index (χ2n) is 9.77. The van der Waals surface area contributed by atoms with Crippen molar-refractivity contribution in [2.75, 3.05) is 11.5 Å². The predicted octanol–water partition coefficient (Wildman–Crippen LogP) is 6.12. The lowest BCUT2D eigenvalue weighted by Gasteiger charge is -2.22. The van der Waals surface area contributed by atoms with Gasteiger partial charge < -0.3 is 9.84 Å². The zero-order valence-corrected chi connectivity index (χ0v) is 24.8. The van der Waals surface area contributed by atoms with Crippen molar-refractivity contribution < 1.29 is 19.4 Å². The average Bonchev–Trinajstić information content (AvgIpc) is 3.66. The molecule has 0 saturated carbocycles. The molecule has 11 heteroatoms. The van der Waals surface area contributed by atoms with Crippen LogP contribution in [0.4, 0.5) is 5.13 Å². The first-order valence-electron chi connectivity index (χ1n) is 13.4. The van der Waals surface area contributed by atoms with Gasteiger partial charge in [-0.2, -0.15) is 0 Å². The summed E-state index contributed by atoms with van der Waals surface area (Å²) >= 11 is 2.74. The monoisotopic (exact) mass is 597 g/mol. The van der Waals surface area contributed by atoms with Crippen molar-refractivity contribution in [2.45, 2.75) is 36.9 Å². The molecule has 212 valence electrons. The van der Waals surface area contributed by atoms with Crippen LogP contribution in [-0.2, 0) is 15.3 Å². The molecule has 1 aliphatic rings. The number of fused-ring (bicyclic) bond motifs is 1. The van der Waals surface area contributed by atoms with Crippen LogP contribution < -0.4 is 9.64 Å². The number of rotatable bonds is 8. The van der Waals surface area contributed by atoms with Crippen LogP contribution in [0.2, 0.25) is 0 Å². The number of amides is 1. The van der Waals surface area contributed by atoms with Crippen LogP contribution in [0, 0.1) is 13.8 Å². The Morgan fingerprint density at radius 2 is 1.79 bits per heavy atom. The normalized spacial score (nSPS) is 16.5. The molecule has 42 heavy (non-hydrogen) atoms. The summed E-state index contributed by atoms with van der Waals surface area (Å²) in [6, 6.07) is 19.9. The maximum Gasteiger partial charge on any atom is 0.301 e. The largest absolute Gasteiger partial charge is 0.505 e. The van der Waals surface area contributed by atoms with Crippen molar-refractivity contribution in [2.24, 2.45) is 0 Å². The maximum absolute atomic E-state index is 13.7. The van der Waals surface area contributed by atoms with Gasteiger partial charge in [-0.1, -0.05) is 71.1 Å². The Balaban J connectivity index is 1.43. The summed E-state index contributed by atoms with van der Waals surface area (Å²) in [5.41, 5.74) is 4.40. The molecule has 1 unspecified atom stereocenters. The summed E-state index contributed by atoms with van der Waals surface area (Å²) in [6.45, 7) is 6.19. The average molecular weight is 598 g/mol. The number of aryl methyl sites for hydroxylation is 2. The Kier molecular flexibility index (Phi) is 7.53. The molecule has 0 radical (unpaired) electrons. The van der Waals surface area contributed by atoms with E-state index < -0.39 is 17.7 Å². The van der Waals surface area contributed by atoms with Crippen molar-refractivity contribution in [1.82, 2.24) is 19.6 Å². The third-order valence-electron chi connectivity index (χ3n) is 6.96. The molecule has 0 bridgehead atoms. The Bertz CT molecular complexity index is 1830. The molecule has 1 amide bonds. The van der Waals surface area contributed by atoms with Crippen molar-refractivity contribution in [1.29, 1.82) is 0 Å². The van der Waals surface area contributed by atoms with Crippen molar-refractivity contribution >= 4 is 51.3 Å². The number of carbonyl (C=O) groups excluding carboxylic acids is 2. The zero-order chi connectivity index (χ0) is 29.4. The number of pyridine rings is 1. The highest BCUT2D eigenvalue weighted by atomic mass is 32.2. The third-order valence-corrected chi connectivity index (χ3v) is 9.09. The smallest absolute Gasteiger partial charge is 0.301 e. The predicted molar refractivity (Wildman–Crippen MR) is 163 cm³/mol. The molecule has 1 saturated heterocycles. The summed E-state index contributed by atoms with van der Waals surface area (Å²) in [5.74, 6) is -0.552. The minimum absolute atomic E-state index is 0.0398. The molecular formula is C31H27N5O4S2. The molecule has 1 aliphatic heterocycles. The zero-order valence-electron chi connectivity index (χ0n) is 23.1. The van der Waals surface area contributed by atoms with E-state index in [0.717, 1.165) is 5.56 Å². The summed E-state index contributed by atoms with van der Waals surface area (Å²) in [6.07, 6.45) is 1.76. The lowest BCUT2D eigenvalue weighted by Crippen LogP contribution is -2.29. The lowest BCUT2D eigenvalue weighted by molar-refractivity contribution is -0.132. The van der Waals surface area contributed by atoms with E-state index in [-0.39, 0.29) is 16.5 Å². The Morgan fingerprint density at radius 1 is 1.02 bits per heavy atom. The standard InChI is InChI=1S/C31H27N5O4S2/c1-4-40-22-14-12-21(13-15-22)26-24(27(37)25-19(3)32-23-7-5-6-16-35(23)25)28(38)29(39)36(26)30-33-34-31(42-30)41-17-20-10-8-18(2)9-11-20/h5-16,26,37H,4,17H2,1-3H3/b27-24+. The second kappa shape index (κ2) is 11.4. The van der Waals surface area contributed by atoms with Crippen molar-refractivity contribution in [3.8, 4) is 5.75 Å². The van der Waals surface area contributed by atoms with E-state index in [1.165, 1.54) is 33.6 Å². The van der Waals surface area contributed by atoms with E-state index in [9.17, 15) is 14.7 Å². The fraction of sp³-hybridized carbons (Fsp3) is 0.194. The van der Waals surface area contributed by atoms with Crippen LogP contribution in [0.25, 0.3) is 11.4 Å². The molecular weight excluding hydrogens is 571 g/mol. The van der Waals surface area contributed by atoms with Crippen LogP contribution in [0.1, 0.15) is 41.0 Å². The van der Waals surface area contributed by atoms with Crippen molar-refractivity contribution in [3.05, 3.63) is 107 Å². The molecule has 3 aromatic heterocycles. The maximum atomic E-state index is 13.7. The van der Waals surface area contributed by atoms with Gasteiger partial charge in [0.05, 0.1) is 23.9 Å². The number of hydrogen-bond donors (Lipinski definition) is 1. The highest BCUT2D eigenvalue weighted by Gasteiger charge is 2.49. The number of thioether (sulfide) groups is 1. The fourth-order valence-electron chi connectivity index (χ4n) is 4.97. The van der Waals surface area contributed by atoms with E-state index in [4.69, 9.17) is 4.74 Å². The van der Waals surface area contributed by atoms with Crippen molar-refractivity contribution in [3.63, 3.8) is 0 Å². The van der Waals surface area contributed by atoms with Crippen LogP contribution in [-0.4, -0.2) is 43.0 Å². The summed E-state index contributed by atoms with van der Waals surface area (Å²) < 4.78 is 7.97. The SMILES string of the molecule is CCOc1ccc(C2/C(=C(\O)c3c(C)nc4ccccn34)C(=O)C(=O)N2c2nnc(SCc3ccc(C)cc3)s2)cc1. The second-order valence-corrected chi connectivity index (χ2v) is 11.9. The molecule has 1 N–H and O–H groups in total. The highest BCUT2D eigenvalue weighted by molar-refractivity contribution is 8.00. The number of benzene rings is 2. The number of nitrogens with zero attached hydrogens (tertiary/aromatic N) is 5. The first-order chi connectivity index (χ1) is 20.4. The highest BCUT2D eigenvalue weighted by Crippen LogP contribution is 2.44. The Morgan fingerprint density at radius 3 is 2.52 bits per heavy atom. The van der Waals surface area contributed by atoms with Gasteiger partial charge in [-0.25, -0.2) is 4.98 Å². The van der Waals surface area contributed by atoms with Gasteiger partial charge in [-0.3, -0.25) is 18.9 Å². The van der Waals surface area contributed by atoms with E-state index in [2.05, 4.69) is 39.4 Å². The minimum Gasteiger partial charge on any atom is -0.505 e. The Labute approximate surface area is 250 Å². The first kappa shape index (κ1) is 27.7. The molecule has 0 spiro atoms. The summed E-state index contributed by atoms with van der Waals surface area (Å²) in [5, 5.41) is 20.6. The number of carbonyl (C=O) groups is 2. The van der Waals surface area contributed by atoms with Gasteiger partial charge in [-0.15, -0.1) is 10.2 Å². The number of Topliss-reactive ketones (excluding diaryl/α,β-unsaturated/α-hetero) is 1. The molecule has 9 nitrogen and oxygen atoms in total. The first-order valence-corrected chi connectivity index (χ1v) is 15.2. The molecule has 1 fully saturated rings. The van der Waals surface area contributed by atoms with Crippen LogP contribution in [0.5, 0.6) is 5.75 Å². The number of anilines is 1. The number of hydrogen-bond acceptors (Lipinski definition) is 9. The quantitative estimate of drug-likeness (QED) is 0.0749. The lowest BCUT2D eigenvalue weighted by atomic mass is 9.96. The van der Waals surface area contributed by atoms with Gasteiger partial charge in [0.1, 0.15) is 17.1 Å². The van der Waals surface area contributed by atoms with Gasteiger partial charge in [0.2, 0.25) is 5.13 Å². The topological polar surface area (TPSA) is 110 Å². The van der Waals surface area contributed by atoms with Crippen LogP contribution in [0.3, 0.4) is 0 Å². The number of aliphatic hydroxyl groups is 1. The van der Waals surface area contributed by atoms with Crippen LogP contribution in [0.15, 0.2) is 82.8 Å². The van der Waals surface area contributed by atoms with E-state index in [1.807, 2.05) is 32.0 Å². The number of ketones is 1. The summed E-state index contributed by atoms with van der Waals surface area (Å²) in [4.78, 5) is 33.1. The van der Waals surface area contributed by atoms with Gasteiger partial charge in [-0.05, 0) is 56.2 Å². The molecule has 2 aromatic carbocycles. The molecule has 4 heterocycles. The van der Waals surface area contributed by atoms with Crippen LogP contribution >= 0.6 is 23.1 Å². The van der Waals surface area contributed by atoms with Gasteiger partial charge in [0, 0.05) is 11.9 Å². The van der Waals surface area contributed by atoms with Gasteiger partial charge in [0.25, 0.3) is 5.78 Å².